The summed E-state index contributed by atoms with van der Waals surface area (Å²) in [6.07, 6.45) is -4.56. The van der Waals surface area contributed by atoms with Crippen LogP contribution in [-0.4, -0.2) is 28.2 Å². The maximum absolute atomic E-state index is 14.1. The number of nitrogens with one attached hydrogen (secondary N) is 1. The first kappa shape index (κ1) is 20.5. The molecule has 0 aliphatic carbocycles. The van der Waals surface area contributed by atoms with Crippen LogP contribution >= 0.6 is 0 Å². The van der Waals surface area contributed by atoms with Crippen LogP contribution in [0.4, 0.5) is 13.2 Å². The molecule has 1 heterocycles. The van der Waals surface area contributed by atoms with E-state index in [-0.39, 0.29) is 12.0 Å². The van der Waals surface area contributed by atoms with Crippen molar-refractivity contribution >= 4 is 16.7 Å². The lowest BCUT2D eigenvalue weighted by Crippen LogP contribution is -2.51. The van der Waals surface area contributed by atoms with Crippen molar-refractivity contribution in [2.45, 2.75) is 64.4 Å². The normalized spacial score (nSPS) is 18.9. The number of amides is 1. The summed E-state index contributed by atoms with van der Waals surface area (Å²) in [5.74, 6) is 0.106. The Hall–Kier alpha value is -2.28. The van der Waals surface area contributed by atoms with Gasteiger partial charge in [-0.2, -0.15) is 18.2 Å². The first-order chi connectivity index (χ1) is 12.8. The molecule has 0 bridgehead atoms. The van der Waals surface area contributed by atoms with Gasteiger partial charge in [-0.05, 0) is 57.7 Å². The molecule has 0 saturated carbocycles. The zero-order chi connectivity index (χ0) is 20.9. The molecule has 1 aliphatic heterocycles. The molecule has 1 fully saturated rings. The Morgan fingerprint density at radius 2 is 1.82 bits per heavy atom. The van der Waals surface area contributed by atoms with E-state index in [4.69, 9.17) is 4.74 Å². The molecule has 0 radical (unpaired) electrons. The monoisotopic (exact) mass is 394 g/mol. The van der Waals surface area contributed by atoms with Crippen molar-refractivity contribution in [3.8, 4) is 5.75 Å². The molecule has 1 N–H and O–H groups in total. The Morgan fingerprint density at radius 1 is 1.14 bits per heavy atom. The van der Waals surface area contributed by atoms with E-state index in [1.54, 1.807) is 26.0 Å². The second kappa shape index (κ2) is 6.65. The van der Waals surface area contributed by atoms with E-state index in [2.05, 4.69) is 5.43 Å². The summed E-state index contributed by atoms with van der Waals surface area (Å²) >= 11 is 0. The third-order valence-corrected chi connectivity index (χ3v) is 4.66. The second-order valence-corrected chi connectivity index (χ2v) is 8.79. The predicted molar refractivity (Wildman–Crippen MR) is 102 cm³/mol. The van der Waals surface area contributed by atoms with Crippen LogP contribution in [0.1, 0.15) is 52.6 Å². The summed E-state index contributed by atoms with van der Waals surface area (Å²) in [5.41, 5.74) is 0.997. The van der Waals surface area contributed by atoms with Gasteiger partial charge in [0.05, 0.1) is 0 Å². The highest BCUT2D eigenvalue weighted by Crippen LogP contribution is 2.44. The number of rotatable bonds is 3. The van der Waals surface area contributed by atoms with Gasteiger partial charge >= 0.3 is 6.18 Å². The number of hydrazine groups is 1. The van der Waals surface area contributed by atoms with Crippen molar-refractivity contribution in [2.24, 2.45) is 0 Å². The number of nitrogens with zero attached hydrogens (tertiary/aromatic N) is 1. The molecule has 3 rings (SSSR count). The van der Waals surface area contributed by atoms with Gasteiger partial charge in [0.1, 0.15) is 11.4 Å². The maximum atomic E-state index is 14.1. The summed E-state index contributed by atoms with van der Waals surface area (Å²) in [4.78, 5) is 11.8. The summed E-state index contributed by atoms with van der Waals surface area (Å²) in [7, 11) is 0. The Kier molecular flexibility index (Phi) is 4.86. The minimum atomic E-state index is -4.57. The molecule has 1 saturated heterocycles. The van der Waals surface area contributed by atoms with Gasteiger partial charge in [-0.25, -0.2) is 0 Å². The Balaban J connectivity index is 2.13. The third-order valence-electron chi connectivity index (χ3n) is 4.66. The fourth-order valence-corrected chi connectivity index (χ4v) is 3.55. The molecule has 2 aromatic carbocycles. The SMILES string of the molecule is CC(C)(C)Oc1cccc2ccc(C(N3NC(=O)CC3(C)C)C(F)(F)F)cc12. The molecule has 1 aliphatic rings. The molecule has 28 heavy (non-hydrogen) atoms. The van der Waals surface area contributed by atoms with Gasteiger partial charge in [0.2, 0.25) is 5.91 Å². The van der Waals surface area contributed by atoms with E-state index in [0.717, 1.165) is 10.4 Å². The van der Waals surface area contributed by atoms with E-state index >= 15 is 0 Å². The van der Waals surface area contributed by atoms with E-state index in [0.29, 0.717) is 11.1 Å². The van der Waals surface area contributed by atoms with E-state index in [1.165, 1.54) is 12.1 Å². The van der Waals surface area contributed by atoms with Gasteiger partial charge in [-0.15, -0.1) is 0 Å². The number of hydrogen-bond donors (Lipinski definition) is 1. The van der Waals surface area contributed by atoms with Gasteiger partial charge in [-0.1, -0.05) is 24.3 Å². The lowest BCUT2D eigenvalue weighted by atomic mass is 9.95. The van der Waals surface area contributed by atoms with Crippen molar-refractivity contribution in [1.82, 2.24) is 10.4 Å². The third kappa shape index (κ3) is 4.09. The largest absolute Gasteiger partial charge is 0.488 e. The zero-order valence-corrected chi connectivity index (χ0v) is 16.6. The van der Waals surface area contributed by atoms with E-state index in [9.17, 15) is 18.0 Å². The smallest absolute Gasteiger partial charge is 0.409 e. The minimum absolute atomic E-state index is 0.00550. The Labute approximate surface area is 162 Å². The molecule has 0 spiro atoms. The number of fused-ring (bicyclic) bond motifs is 1. The van der Waals surface area contributed by atoms with Crippen LogP contribution in [0.15, 0.2) is 36.4 Å². The van der Waals surface area contributed by atoms with Gasteiger partial charge in [0.25, 0.3) is 0 Å². The fourth-order valence-electron chi connectivity index (χ4n) is 3.55. The number of alkyl halides is 3. The number of carbonyl (C=O) groups excluding carboxylic acids is 1. The maximum Gasteiger partial charge on any atom is 0.409 e. The summed E-state index contributed by atoms with van der Waals surface area (Å²) in [5, 5.41) is 2.41. The van der Waals surface area contributed by atoms with Gasteiger partial charge in [0, 0.05) is 17.3 Å². The molecule has 1 amide bonds. The highest BCUT2D eigenvalue weighted by Gasteiger charge is 2.53. The number of ether oxygens (including phenoxy) is 1. The zero-order valence-electron chi connectivity index (χ0n) is 16.6. The molecular formula is C21H25F3N2O2. The lowest BCUT2D eigenvalue weighted by molar-refractivity contribution is -0.203. The second-order valence-electron chi connectivity index (χ2n) is 8.79. The van der Waals surface area contributed by atoms with Crippen molar-refractivity contribution < 1.29 is 22.7 Å². The summed E-state index contributed by atoms with van der Waals surface area (Å²) < 4.78 is 48.2. The lowest BCUT2D eigenvalue weighted by Gasteiger charge is -2.38. The van der Waals surface area contributed by atoms with Crippen molar-refractivity contribution in [3.05, 3.63) is 42.0 Å². The van der Waals surface area contributed by atoms with Crippen LogP contribution in [0, 0.1) is 0 Å². The molecule has 1 unspecified atom stereocenters. The quantitative estimate of drug-likeness (QED) is 0.784. The molecule has 2 aromatic rings. The standard InChI is InChI=1S/C21H25F3N2O2/c1-19(2,3)28-16-8-6-7-13-9-10-14(11-15(13)16)18(21(22,23)24)26-20(4,5)12-17(27)25-26/h6-11,18H,12H2,1-5H3,(H,25,27). The minimum Gasteiger partial charge on any atom is -0.488 e. The number of carbonyl (C=O) groups is 1. The average Bonchev–Trinajstić information content (AvgIpc) is 2.77. The van der Waals surface area contributed by atoms with Crippen molar-refractivity contribution in [3.63, 3.8) is 0 Å². The first-order valence-corrected chi connectivity index (χ1v) is 9.15. The first-order valence-electron chi connectivity index (χ1n) is 9.15. The Morgan fingerprint density at radius 3 is 2.36 bits per heavy atom. The van der Waals surface area contributed by atoms with Crippen molar-refractivity contribution in [1.29, 1.82) is 0 Å². The van der Waals surface area contributed by atoms with Crippen LogP contribution in [0.2, 0.25) is 0 Å². The van der Waals surface area contributed by atoms with Crippen LogP contribution in [-0.2, 0) is 4.79 Å². The van der Waals surface area contributed by atoms with Crippen LogP contribution in [0.25, 0.3) is 10.8 Å². The van der Waals surface area contributed by atoms with Crippen LogP contribution in [0.3, 0.4) is 0 Å². The van der Waals surface area contributed by atoms with Gasteiger partial charge in [0.15, 0.2) is 6.04 Å². The van der Waals surface area contributed by atoms with Crippen LogP contribution in [0.5, 0.6) is 5.75 Å². The van der Waals surface area contributed by atoms with Crippen molar-refractivity contribution in [2.75, 3.05) is 0 Å². The summed E-state index contributed by atoms with van der Waals surface area (Å²) in [6, 6.07) is 8.07. The van der Waals surface area contributed by atoms with Crippen LogP contribution < -0.4 is 10.2 Å². The highest BCUT2D eigenvalue weighted by molar-refractivity contribution is 5.89. The number of benzene rings is 2. The molecule has 7 heteroatoms. The number of hydrogen-bond acceptors (Lipinski definition) is 3. The highest BCUT2D eigenvalue weighted by atomic mass is 19.4. The predicted octanol–water partition coefficient (Wildman–Crippen LogP) is 5.14. The molecular weight excluding hydrogens is 369 g/mol. The Bertz CT molecular complexity index is 901. The van der Waals surface area contributed by atoms with E-state index < -0.39 is 29.3 Å². The van der Waals surface area contributed by atoms with Gasteiger partial charge in [-0.3, -0.25) is 10.2 Å². The van der Waals surface area contributed by atoms with Gasteiger partial charge < -0.3 is 4.74 Å². The summed E-state index contributed by atoms with van der Waals surface area (Å²) in [6.45, 7) is 8.90. The van der Waals surface area contributed by atoms with E-state index in [1.807, 2.05) is 32.9 Å². The molecule has 4 nitrogen and oxygen atoms in total. The number of halogens is 3. The fraction of sp³-hybridized carbons (Fsp3) is 0.476. The topological polar surface area (TPSA) is 41.6 Å². The molecule has 1 atom stereocenters. The molecule has 0 aromatic heterocycles. The average molecular weight is 394 g/mol. The molecule has 152 valence electrons.